The molecule has 0 unspecified atom stereocenters. The molecule has 0 atom stereocenters. The molecule has 4 heteroatoms. The third kappa shape index (κ3) is 10.7. The van der Waals surface area contributed by atoms with Crippen molar-refractivity contribution in [3.05, 3.63) is 24.3 Å². The monoisotopic (exact) mass is 240 g/mol. The first-order valence-electron chi connectivity index (χ1n) is 5.78. The van der Waals surface area contributed by atoms with E-state index in [-0.39, 0.29) is 25.2 Å². The number of allylic oxidation sites excluding steroid dienone is 2. The van der Waals surface area contributed by atoms with Gasteiger partial charge < -0.3 is 9.47 Å². The fourth-order valence-corrected chi connectivity index (χ4v) is 0.960. The van der Waals surface area contributed by atoms with Gasteiger partial charge in [0.05, 0.1) is 0 Å². The first-order chi connectivity index (χ1) is 8.20. The summed E-state index contributed by atoms with van der Waals surface area (Å²) in [5.41, 5.74) is 0. The van der Waals surface area contributed by atoms with Gasteiger partial charge in [-0.3, -0.25) is 9.59 Å². The predicted octanol–water partition coefficient (Wildman–Crippen LogP) is 2.40. The molecule has 17 heavy (non-hydrogen) atoms. The highest BCUT2D eigenvalue weighted by molar-refractivity contribution is 5.69. The van der Waals surface area contributed by atoms with Crippen molar-refractivity contribution in [2.24, 2.45) is 0 Å². The SMILES string of the molecule is C/C=C\CCC(=O)OC/C=C/COC(=O)CC. The van der Waals surface area contributed by atoms with E-state index in [0.29, 0.717) is 19.3 Å². The van der Waals surface area contributed by atoms with E-state index in [0.717, 1.165) is 0 Å². The van der Waals surface area contributed by atoms with Gasteiger partial charge >= 0.3 is 11.9 Å². The first-order valence-corrected chi connectivity index (χ1v) is 5.78. The zero-order valence-corrected chi connectivity index (χ0v) is 10.5. The van der Waals surface area contributed by atoms with Gasteiger partial charge in [-0.1, -0.05) is 19.1 Å². The van der Waals surface area contributed by atoms with Gasteiger partial charge in [0, 0.05) is 12.8 Å². The summed E-state index contributed by atoms with van der Waals surface area (Å²) in [6, 6.07) is 0. The Morgan fingerprint density at radius 2 is 1.59 bits per heavy atom. The van der Waals surface area contributed by atoms with E-state index in [2.05, 4.69) is 0 Å². The number of hydrogen-bond acceptors (Lipinski definition) is 4. The minimum absolute atomic E-state index is 0.221. The average Bonchev–Trinajstić information content (AvgIpc) is 2.33. The van der Waals surface area contributed by atoms with Crippen LogP contribution in [0.4, 0.5) is 0 Å². The van der Waals surface area contributed by atoms with Gasteiger partial charge in [-0.25, -0.2) is 0 Å². The second-order valence-electron chi connectivity index (χ2n) is 3.30. The Hall–Kier alpha value is -1.58. The maximum absolute atomic E-state index is 11.1. The van der Waals surface area contributed by atoms with E-state index in [1.165, 1.54) is 0 Å². The van der Waals surface area contributed by atoms with Gasteiger partial charge in [0.25, 0.3) is 0 Å². The summed E-state index contributed by atoms with van der Waals surface area (Å²) >= 11 is 0. The van der Waals surface area contributed by atoms with E-state index in [4.69, 9.17) is 9.47 Å². The third-order valence-corrected chi connectivity index (χ3v) is 1.89. The van der Waals surface area contributed by atoms with Crippen LogP contribution in [0.15, 0.2) is 24.3 Å². The molecule has 0 saturated heterocycles. The Bertz CT molecular complexity index is 279. The minimum Gasteiger partial charge on any atom is -0.461 e. The molecule has 0 aromatic heterocycles. The standard InChI is InChI=1S/C13H20O4/c1-3-5-6-9-13(15)17-11-8-7-10-16-12(14)4-2/h3,5,7-8H,4,6,9-11H2,1-2H3/b5-3-,8-7+. The average molecular weight is 240 g/mol. The third-order valence-electron chi connectivity index (χ3n) is 1.89. The first kappa shape index (κ1) is 15.4. The quantitative estimate of drug-likeness (QED) is 0.483. The molecule has 0 aliphatic rings. The van der Waals surface area contributed by atoms with Crippen LogP contribution >= 0.6 is 0 Å². The molecule has 0 rings (SSSR count). The summed E-state index contributed by atoms with van der Waals surface area (Å²) < 4.78 is 9.72. The Labute approximate surface area is 102 Å². The van der Waals surface area contributed by atoms with E-state index >= 15 is 0 Å². The Kier molecular flexibility index (Phi) is 9.91. The van der Waals surface area contributed by atoms with Gasteiger partial charge in [0.15, 0.2) is 0 Å². The molecule has 0 fully saturated rings. The van der Waals surface area contributed by atoms with Crippen molar-refractivity contribution in [1.29, 1.82) is 0 Å². The zero-order valence-electron chi connectivity index (χ0n) is 10.5. The van der Waals surface area contributed by atoms with Crippen molar-refractivity contribution in [1.82, 2.24) is 0 Å². The molecule has 4 nitrogen and oxygen atoms in total. The minimum atomic E-state index is -0.238. The van der Waals surface area contributed by atoms with Crippen LogP contribution in [0.25, 0.3) is 0 Å². The highest BCUT2D eigenvalue weighted by Crippen LogP contribution is 1.94. The van der Waals surface area contributed by atoms with Gasteiger partial charge in [-0.2, -0.15) is 0 Å². The lowest BCUT2D eigenvalue weighted by Crippen LogP contribution is -2.04. The Balaban J connectivity index is 3.46. The fraction of sp³-hybridized carbons (Fsp3) is 0.538. The van der Waals surface area contributed by atoms with Crippen LogP contribution in [0, 0.1) is 0 Å². The van der Waals surface area contributed by atoms with Crippen LogP contribution in [0.1, 0.15) is 33.1 Å². The van der Waals surface area contributed by atoms with Gasteiger partial charge in [0.1, 0.15) is 13.2 Å². The zero-order chi connectivity index (χ0) is 12.9. The van der Waals surface area contributed by atoms with Crippen molar-refractivity contribution in [3.8, 4) is 0 Å². The van der Waals surface area contributed by atoms with Crippen LogP contribution in [0.2, 0.25) is 0 Å². The van der Waals surface area contributed by atoms with Crippen molar-refractivity contribution < 1.29 is 19.1 Å². The topological polar surface area (TPSA) is 52.6 Å². The van der Waals surface area contributed by atoms with Gasteiger partial charge in [-0.05, 0) is 25.5 Å². The maximum atomic E-state index is 11.1. The molecule has 0 aromatic rings. The lowest BCUT2D eigenvalue weighted by atomic mass is 10.3. The van der Waals surface area contributed by atoms with Crippen LogP contribution in [0.3, 0.4) is 0 Å². The van der Waals surface area contributed by atoms with Crippen molar-refractivity contribution >= 4 is 11.9 Å². The predicted molar refractivity (Wildman–Crippen MR) is 65.4 cm³/mol. The molecule has 0 amide bonds. The number of carbonyl (C=O) groups excluding carboxylic acids is 2. The van der Waals surface area contributed by atoms with Gasteiger partial charge in [0.2, 0.25) is 0 Å². The lowest BCUT2D eigenvalue weighted by molar-refractivity contribution is -0.143. The summed E-state index contributed by atoms with van der Waals surface area (Å²) in [6.45, 7) is 4.09. The van der Waals surface area contributed by atoms with E-state index < -0.39 is 0 Å². The summed E-state index contributed by atoms with van der Waals surface area (Å²) in [5, 5.41) is 0. The molecule has 0 aromatic carbocycles. The van der Waals surface area contributed by atoms with Gasteiger partial charge in [-0.15, -0.1) is 0 Å². The molecule has 0 radical (unpaired) electrons. The van der Waals surface area contributed by atoms with Crippen LogP contribution < -0.4 is 0 Å². The number of hydrogen-bond donors (Lipinski definition) is 0. The highest BCUT2D eigenvalue weighted by Gasteiger charge is 1.98. The van der Waals surface area contributed by atoms with E-state index in [1.807, 2.05) is 19.1 Å². The Morgan fingerprint density at radius 1 is 1.00 bits per heavy atom. The highest BCUT2D eigenvalue weighted by atomic mass is 16.5. The van der Waals surface area contributed by atoms with E-state index in [9.17, 15) is 9.59 Å². The molecule has 96 valence electrons. The summed E-state index contributed by atoms with van der Waals surface area (Å²) in [4.78, 5) is 21.9. The summed E-state index contributed by atoms with van der Waals surface area (Å²) in [6.07, 6.45) is 8.60. The number of ether oxygens (including phenoxy) is 2. The maximum Gasteiger partial charge on any atom is 0.306 e. The Morgan fingerprint density at radius 3 is 2.12 bits per heavy atom. The van der Waals surface area contributed by atoms with Crippen molar-refractivity contribution in [2.75, 3.05) is 13.2 Å². The molecule has 0 aliphatic heterocycles. The van der Waals surface area contributed by atoms with Crippen molar-refractivity contribution in [3.63, 3.8) is 0 Å². The number of esters is 2. The van der Waals surface area contributed by atoms with Crippen LogP contribution in [-0.2, 0) is 19.1 Å². The number of rotatable bonds is 8. The molecule has 0 N–H and O–H groups in total. The van der Waals surface area contributed by atoms with E-state index in [1.54, 1.807) is 19.1 Å². The summed E-state index contributed by atoms with van der Waals surface area (Å²) in [7, 11) is 0. The smallest absolute Gasteiger partial charge is 0.306 e. The van der Waals surface area contributed by atoms with Crippen molar-refractivity contribution in [2.45, 2.75) is 33.1 Å². The van der Waals surface area contributed by atoms with Crippen LogP contribution in [-0.4, -0.2) is 25.2 Å². The molecular formula is C13H20O4. The van der Waals surface area contributed by atoms with Crippen LogP contribution in [0.5, 0.6) is 0 Å². The molecular weight excluding hydrogens is 220 g/mol. The second-order valence-corrected chi connectivity index (χ2v) is 3.30. The lowest BCUT2D eigenvalue weighted by Gasteiger charge is -2.00. The molecule has 0 bridgehead atoms. The number of carbonyl (C=O) groups is 2. The molecule has 0 spiro atoms. The normalized spacial score (nSPS) is 10.9. The molecule has 0 saturated carbocycles. The molecule has 0 heterocycles. The summed E-state index contributed by atoms with van der Waals surface area (Å²) in [5.74, 6) is -0.462. The fourth-order valence-electron chi connectivity index (χ4n) is 0.960. The largest absolute Gasteiger partial charge is 0.461 e. The second kappa shape index (κ2) is 10.9. The molecule has 0 aliphatic carbocycles.